The molecule has 8 rings (SSSR count). The number of aliphatic carboxylic acids is 1. The van der Waals surface area contributed by atoms with Crippen LogP contribution in [0, 0.1) is 28.6 Å². The second kappa shape index (κ2) is 23.9. The van der Waals surface area contributed by atoms with Crippen LogP contribution in [0.25, 0.3) is 0 Å². The maximum Gasteiger partial charge on any atom is 0.413 e. The number of carboxylic acid groups (broad SMARTS) is 1. The molecule has 1 aliphatic heterocycles. The monoisotopic (exact) mass is 1080 g/mol. The summed E-state index contributed by atoms with van der Waals surface area (Å²) < 4.78 is 18.8. The normalized spacial score (nSPS) is 27.6. The molecule has 5 amide bonds. The molecule has 1 aromatic heterocycles. The third-order valence-corrected chi connectivity index (χ3v) is 17.0. The third-order valence-electron chi connectivity index (χ3n) is 16.1. The molecule has 10 N–H and O–H groups in total. The highest BCUT2D eigenvalue weighted by Crippen LogP contribution is 2.70. The number of carbonyl (C=O) groups excluding carboxylic acids is 7. The first kappa shape index (κ1) is 56.5. The van der Waals surface area contributed by atoms with Gasteiger partial charge in [0.15, 0.2) is 28.6 Å². The predicted molar refractivity (Wildman–Crippen MR) is 279 cm³/mol. The highest BCUT2D eigenvalue weighted by molar-refractivity contribution is 7.13. The number of ether oxygens (including phenoxy) is 3. The van der Waals surface area contributed by atoms with Gasteiger partial charge in [0.2, 0.25) is 23.6 Å². The minimum Gasteiger partial charge on any atom is -0.481 e. The molecule has 4 fully saturated rings. The zero-order valence-corrected chi connectivity index (χ0v) is 44.0. The first-order chi connectivity index (χ1) is 36.8. The van der Waals surface area contributed by atoms with Crippen molar-refractivity contribution in [3.05, 3.63) is 100 Å². The number of carbonyl (C=O) groups is 8. The molecule has 77 heavy (non-hydrogen) atoms. The van der Waals surface area contributed by atoms with Gasteiger partial charge >= 0.3 is 12.1 Å². The number of fused-ring (bicyclic) bond motifs is 7. The highest BCUT2D eigenvalue weighted by atomic mass is 32.1. The maximum atomic E-state index is 14.0. The van der Waals surface area contributed by atoms with Crippen molar-refractivity contribution in [3.8, 4) is 0 Å². The van der Waals surface area contributed by atoms with Gasteiger partial charge < -0.3 is 56.5 Å². The Morgan fingerprint density at radius 2 is 1.68 bits per heavy atom. The van der Waals surface area contributed by atoms with Gasteiger partial charge in [-0.1, -0.05) is 61.9 Å². The van der Waals surface area contributed by atoms with Gasteiger partial charge in [-0.05, 0) is 105 Å². The summed E-state index contributed by atoms with van der Waals surface area (Å²) in [4.78, 5) is 105. The van der Waals surface area contributed by atoms with E-state index in [1.807, 2.05) is 42.6 Å². The van der Waals surface area contributed by atoms with E-state index in [9.17, 15) is 53.7 Å². The molecule has 412 valence electrons. The fourth-order valence-electron chi connectivity index (χ4n) is 12.5. The quantitative estimate of drug-likeness (QED) is 0.0639. The molecule has 4 aliphatic carbocycles. The van der Waals surface area contributed by atoms with Crippen LogP contribution >= 0.6 is 11.3 Å². The van der Waals surface area contributed by atoms with Gasteiger partial charge in [-0.25, -0.2) is 9.78 Å². The number of aromatic nitrogens is 1. The van der Waals surface area contributed by atoms with Crippen LogP contribution in [0.1, 0.15) is 107 Å². The Bertz CT molecular complexity index is 2800. The average Bonchev–Trinajstić information content (AvgIpc) is 4.31. The topological polar surface area (TPSA) is 324 Å². The Hall–Kier alpha value is -6.69. The summed E-state index contributed by atoms with van der Waals surface area (Å²) >= 11 is 1.22. The summed E-state index contributed by atoms with van der Waals surface area (Å²) in [6.45, 7) is 4.39. The van der Waals surface area contributed by atoms with E-state index < -0.39 is 108 Å². The lowest BCUT2D eigenvalue weighted by atomic mass is 9.46. The molecule has 0 bridgehead atoms. The van der Waals surface area contributed by atoms with E-state index in [4.69, 9.17) is 19.9 Å². The fraction of sp³-hybridized carbons (Fsp3) is 0.509. The van der Waals surface area contributed by atoms with E-state index in [0.29, 0.717) is 66.3 Å². The lowest BCUT2D eigenvalue weighted by molar-refractivity contribution is -0.201. The number of nitrogens with zero attached hydrogens (tertiary/aromatic N) is 1. The lowest BCUT2D eigenvalue weighted by Gasteiger charge is -2.59. The Balaban J connectivity index is 0.802. The molecule has 22 heteroatoms. The number of rotatable bonds is 22. The number of allylic oxidation sites excluding steroid dienone is 4. The smallest absolute Gasteiger partial charge is 0.413 e. The van der Waals surface area contributed by atoms with E-state index in [0.717, 1.165) is 24.0 Å². The van der Waals surface area contributed by atoms with Crippen LogP contribution in [-0.4, -0.2) is 117 Å². The molecule has 2 heterocycles. The summed E-state index contributed by atoms with van der Waals surface area (Å²) in [6, 6.07) is 11.7. The summed E-state index contributed by atoms with van der Waals surface area (Å²) in [5.41, 5.74) is 6.97. The number of aliphatic hydroxyl groups excluding tert-OH is 2. The standard InChI is InChI=1S/C55H67N7O14S/c1-30(64)58-40(6-4-5-21-56)48(71)57-26-45(68)61-41(17-18-46(69)70)49(72)59-35-14-9-32(10-15-35)28-74-52(73)62-51-60-36(29-77-51)22-31-7-11-33(12-8-31)50-75-44-24-39-38-16-13-34-23-37(65)19-20-53(34,2)47(38)42(66)25-54(39,3)55(44,76-50)43(67)27-63/h7-12,14-15,19-20,23,29,38-42,44,47,50,63,66H,4-6,13,16-18,21-22,24-28,56H2,1-3H3,(H,57,71)(H,58,64)(H,59,72)(H,61,68)(H,69,70)(H,60,62,73)/t38-,39-,40-,41-,42-,44+,47+,50+,53-,54-,55+/m0/s1. The Kier molecular flexibility index (Phi) is 17.5. The maximum absolute atomic E-state index is 14.0. The summed E-state index contributed by atoms with van der Waals surface area (Å²) in [5.74, 6) is -4.28. The Morgan fingerprint density at radius 3 is 2.38 bits per heavy atom. The molecule has 0 spiro atoms. The zero-order valence-electron chi connectivity index (χ0n) is 43.2. The molecule has 3 aromatic rings. The fourth-order valence-corrected chi connectivity index (χ4v) is 13.2. The number of ketones is 2. The van der Waals surface area contributed by atoms with E-state index in [-0.39, 0.29) is 43.0 Å². The third kappa shape index (κ3) is 12.2. The van der Waals surface area contributed by atoms with Gasteiger partial charge in [0.1, 0.15) is 25.3 Å². The van der Waals surface area contributed by atoms with Crippen LogP contribution in [-0.2, 0) is 60.8 Å². The number of hydrogen-bond donors (Lipinski definition) is 9. The molecular formula is C55H67N7O14S. The van der Waals surface area contributed by atoms with Crippen molar-refractivity contribution < 1.29 is 67.9 Å². The predicted octanol–water partition coefficient (Wildman–Crippen LogP) is 4.12. The molecule has 0 radical (unpaired) electrons. The number of Topliss-reactive ketones (excluding diaryl/α,β-unsaturated/α-hetero) is 1. The van der Waals surface area contributed by atoms with Gasteiger partial charge in [-0.3, -0.25) is 38.9 Å². The van der Waals surface area contributed by atoms with E-state index in [1.54, 1.807) is 36.4 Å². The number of nitrogens with one attached hydrogen (secondary N) is 5. The Morgan fingerprint density at radius 1 is 0.948 bits per heavy atom. The van der Waals surface area contributed by atoms with Crippen LogP contribution in [0.4, 0.5) is 15.6 Å². The number of amides is 5. The van der Waals surface area contributed by atoms with E-state index in [1.165, 1.54) is 18.3 Å². The summed E-state index contributed by atoms with van der Waals surface area (Å²) in [7, 11) is 0. The van der Waals surface area contributed by atoms with Crippen molar-refractivity contribution in [1.82, 2.24) is 20.9 Å². The molecule has 2 aromatic carbocycles. The number of aliphatic hydroxyl groups is 2. The second-order valence-corrected chi connectivity index (χ2v) is 22.0. The molecule has 5 aliphatic rings. The molecular weight excluding hydrogens is 1010 g/mol. The number of carboxylic acids is 1. The molecule has 1 saturated heterocycles. The van der Waals surface area contributed by atoms with Gasteiger partial charge in [0.25, 0.3) is 0 Å². The van der Waals surface area contributed by atoms with Gasteiger partial charge in [0, 0.05) is 53.1 Å². The highest BCUT2D eigenvalue weighted by Gasteiger charge is 2.76. The average molecular weight is 1080 g/mol. The molecule has 3 saturated carbocycles. The van der Waals surface area contributed by atoms with Crippen molar-refractivity contribution in [2.75, 3.05) is 30.3 Å². The van der Waals surface area contributed by atoms with E-state index in [2.05, 4.69) is 38.5 Å². The molecule has 11 atom stereocenters. The van der Waals surface area contributed by atoms with Crippen LogP contribution < -0.4 is 32.3 Å². The van der Waals surface area contributed by atoms with Crippen molar-refractivity contribution >= 4 is 69.4 Å². The first-order valence-electron chi connectivity index (χ1n) is 26.0. The number of anilines is 2. The van der Waals surface area contributed by atoms with Gasteiger partial charge in [-0.15, -0.1) is 11.3 Å². The van der Waals surface area contributed by atoms with E-state index >= 15 is 0 Å². The summed E-state index contributed by atoms with van der Waals surface area (Å²) in [6.07, 6.45) is 5.76. The van der Waals surface area contributed by atoms with Gasteiger partial charge in [0.05, 0.1) is 24.4 Å². The van der Waals surface area contributed by atoms with Crippen molar-refractivity contribution in [2.24, 2.45) is 34.3 Å². The van der Waals surface area contributed by atoms with Crippen molar-refractivity contribution in [3.63, 3.8) is 0 Å². The molecule has 0 unspecified atom stereocenters. The van der Waals surface area contributed by atoms with Crippen LogP contribution in [0.3, 0.4) is 0 Å². The van der Waals surface area contributed by atoms with Crippen molar-refractivity contribution in [1.29, 1.82) is 0 Å². The minimum absolute atomic E-state index is 0.0250. The lowest BCUT2D eigenvalue weighted by Crippen LogP contribution is -2.63. The SMILES string of the molecule is CC(=O)N[C@@H](CCCCN)C(=O)NCC(=O)N[C@@H](CCC(=O)O)C(=O)Nc1ccc(COC(=O)Nc2nc(Cc3ccc([C@@H]4O[C@@H]5C[C@H]6[C@@H]7CCC8=CC(=O)C=C[C@]8(C)[C@H]7[C@@H](O)C[C@]6(C)[C@]5(C(=O)CO)O4)cc3)cs2)cc1. The number of benzene rings is 2. The minimum atomic E-state index is -1.47. The summed E-state index contributed by atoms with van der Waals surface area (Å²) in [5, 5.41) is 46.4. The van der Waals surface area contributed by atoms with Crippen LogP contribution in [0.5, 0.6) is 0 Å². The second-order valence-electron chi connectivity index (χ2n) is 21.1. The number of thiazole rings is 1. The number of nitrogens with two attached hydrogens (primary N) is 1. The van der Waals surface area contributed by atoms with Gasteiger partial charge in [-0.2, -0.15) is 0 Å². The number of hydrogen-bond acceptors (Lipinski definition) is 16. The Labute approximate surface area is 449 Å². The number of unbranched alkanes of at least 4 members (excludes halogenated alkanes) is 1. The first-order valence-corrected chi connectivity index (χ1v) is 26.9. The van der Waals surface area contributed by atoms with Crippen LogP contribution in [0.15, 0.2) is 77.7 Å². The zero-order chi connectivity index (χ0) is 55.2. The van der Waals surface area contributed by atoms with Crippen LogP contribution in [0.2, 0.25) is 0 Å². The largest absolute Gasteiger partial charge is 0.481 e. The molecule has 21 nitrogen and oxygen atoms in total. The van der Waals surface area contributed by atoms with Crippen molar-refractivity contribution in [2.45, 2.75) is 128 Å².